The Morgan fingerprint density at radius 3 is 2.45 bits per heavy atom. The summed E-state index contributed by atoms with van der Waals surface area (Å²) in [6.45, 7) is 0. The van der Waals surface area contributed by atoms with Gasteiger partial charge in [0.25, 0.3) is 0 Å². The van der Waals surface area contributed by atoms with Gasteiger partial charge >= 0.3 is 12.1 Å². The molecule has 0 atom stereocenters. The summed E-state index contributed by atoms with van der Waals surface area (Å²) in [4.78, 5) is 17.4. The number of carboxylic acid groups (broad SMARTS) is 1. The van der Waals surface area contributed by atoms with Gasteiger partial charge in [0.05, 0.1) is 5.69 Å². The van der Waals surface area contributed by atoms with Crippen LogP contribution in [0.5, 0.6) is 0 Å². The minimum atomic E-state index is -4.77. The molecule has 104 valence electrons. The number of hydrogen-bond acceptors (Lipinski definition) is 3. The lowest BCUT2D eigenvalue weighted by atomic mass is 10.1. The highest BCUT2D eigenvalue weighted by atomic mass is 35.5. The van der Waals surface area contributed by atoms with E-state index in [1.54, 1.807) is 6.07 Å². The van der Waals surface area contributed by atoms with E-state index in [4.69, 9.17) is 16.7 Å². The third kappa shape index (κ3) is 2.72. The fourth-order valence-corrected chi connectivity index (χ4v) is 1.76. The van der Waals surface area contributed by atoms with Crippen molar-refractivity contribution in [1.29, 1.82) is 0 Å². The normalized spacial score (nSPS) is 11.4. The fraction of sp³-hybridized carbons (Fsp3) is 0.0833. The number of carbonyl (C=O) groups is 1. The second-order valence-corrected chi connectivity index (χ2v) is 4.15. The molecular formula is C12H6ClF3N2O2. The number of halogens is 4. The number of hydrogen-bond donors (Lipinski definition) is 1. The van der Waals surface area contributed by atoms with Gasteiger partial charge in [-0.05, 0) is 6.07 Å². The molecule has 0 radical (unpaired) electrons. The summed E-state index contributed by atoms with van der Waals surface area (Å²) in [5, 5.41) is 9.11. The van der Waals surface area contributed by atoms with E-state index in [0.29, 0.717) is 6.20 Å². The molecule has 20 heavy (non-hydrogen) atoms. The largest absolute Gasteiger partial charge is 0.478 e. The minimum Gasteiger partial charge on any atom is -0.478 e. The van der Waals surface area contributed by atoms with Crippen LogP contribution in [0.4, 0.5) is 13.2 Å². The summed E-state index contributed by atoms with van der Waals surface area (Å²) in [6, 6.07) is 5.90. The van der Waals surface area contributed by atoms with Crippen molar-refractivity contribution in [2.75, 3.05) is 0 Å². The van der Waals surface area contributed by atoms with Crippen LogP contribution in [-0.4, -0.2) is 21.0 Å². The van der Waals surface area contributed by atoms with Gasteiger partial charge in [0.2, 0.25) is 5.82 Å². The van der Waals surface area contributed by atoms with E-state index >= 15 is 0 Å². The molecule has 0 saturated heterocycles. The Labute approximate surface area is 115 Å². The van der Waals surface area contributed by atoms with E-state index in [0.717, 1.165) is 0 Å². The van der Waals surface area contributed by atoms with Crippen LogP contribution in [0.2, 0.25) is 5.02 Å². The molecule has 0 amide bonds. The summed E-state index contributed by atoms with van der Waals surface area (Å²) >= 11 is 5.87. The minimum absolute atomic E-state index is 0.0967. The molecule has 0 bridgehead atoms. The first-order chi connectivity index (χ1) is 9.30. The molecule has 0 spiro atoms. The third-order valence-corrected chi connectivity index (χ3v) is 2.73. The Morgan fingerprint density at radius 1 is 1.25 bits per heavy atom. The average molecular weight is 303 g/mol. The van der Waals surface area contributed by atoms with Crippen LogP contribution in [-0.2, 0) is 6.18 Å². The van der Waals surface area contributed by atoms with Crippen molar-refractivity contribution >= 4 is 17.6 Å². The standard InChI is InChI=1S/C12H6ClF3N2O2/c13-8-4-2-1-3-6(8)9-7(10(19)20)5-17-11(18-9)12(14,15)16/h1-5H,(H,19,20). The Kier molecular flexibility index (Phi) is 3.63. The van der Waals surface area contributed by atoms with Gasteiger partial charge in [-0.1, -0.05) is 29.8 Å². The predicted octanol–water partition coefficient (Wildman–Crippen LogP) is 3.51. The summed E-state index contributed by atoms with van der Waals surface area (Å²) in [5.41, 5.74) is -0.726. The number of carboxylic acids is 1. The molecule has 8 heteroatoms. The van der Waals surface area contributed by atoms with Gasteiger partial charge in [0, 0.05) is 16.8 Å². The van der Waals surface area contributed by atoms with Crippen molar-refractivity contribution in [2.24, 2.45) is 0 Å². The van der Waals surface area contributed by atoms with E-state index in [2.05, 4.69) is 9.97 Å². The van der Waals surface area contributed by atoms with Crippen molar-refractivity contribution in [3.8, 4) is 11.3 Å². The van der Waals surface area contributed by atoms with E-state index in [1.807, 2.05) is 0 Å². The Bertz CT molecular complexity index is 674. The van der Waals surface area contributed by atoms with Crippen LogP contribution >= 0.6 is 11.6 Å². The number of alkyl halides is 3. The first kappa shape index (κ1) is 14.3. The molecule has 0 aliphatic heterocycles. The molecule has 1 aromatic carbocycles. The SMILES string of the molecule is O=C(O)c1cnc(C(F)(F)F)nc1-c1ccccc1Cl. The molecule has 4 nitrogen and oxygen atoms in total. The van der Waals surface area contributed by atoms with Crippen molar-refractivity contribution in [3.05, 3.63) is 46.9 Å². The first-order valence-corrected chi connectivity index (χ1v) is 5.61. The highest BCUT2D eigenvalue weighted by Gasteiger charge is 2.36. The number of benzene rings is 1. The van der Waals surface area contributed by atoms with E-state index in [1.165, 1.54) is 18.2 Å². The monoisotopic (exact) mass is 302 g/mol. The molecule has 0 aliphatic rings. The predicted molar refractivity (Wildman–Crippen MR) is 64.4 cm³/mol. The molecule has 1 N–H and O–H groups in total. The molecule has 0 saturated carbocycles. The van der Waals surface area contributed by atoms with Gasteiger partial charge in [-0.3, -0.25) is 0 Å². The molecule has 1 aromatic heterocycles. The first-order valence-electron chi connectivity index (χ1n) is 5.23. The van der Waals surface area contributed by atoms with Crippen LogP contribution in [0.3, 0.4) is 0 Å². The van der Waals surface area contributed by atoms with Crippen LogP contribution in [0, 0.1) is 0 Å². The lowest BCUT2D eigenvalue weighted by Gasteiger charge is -2.10. The van der Waals surface area contributed by atoms with Crippen molar-refractivity contribution in [2.45, 2.75) is 6.18 Å². The maximum atomic E-state index is 12.6. The second kappa shape index (κ2) is 5.09. The van der Waals surface area contributed by atoms with E-state index in [-0.39, 0.29) is 16.3 Å². The number of nitrogens with zero attached hydrogens (tertiary/aromatic N) is 2. The zero-order valence-corrected chi connectivity index (χ0v) is 10.4. The molecule has 0 unspecified atom stereocenters. The summed E-state index contributed by atoms with van der Waals surface area (Å²) in [6.07, 6.45) is -4.15. The molecule has 2 aromatic rings. The van der Waals surface area contributed by atoms with Crippen LogP contribution in [0.25, 0.3) is 11.3 Å². The average Bonchev–Trinajstić information content (AvgIpc) is 2.37. The highest BCUT2D eigenvalue weighted by Crippen LogP contribution is 2.32. The van der Waals surface area contributed by atoms with Crippen LogP contribution in [0.1, 0.15) is 16.2 Å². The van der Waals surface area contributed by atoms with Gasteiger partial charge < -0.3 is 5.11 Å². The maximum absolute atomic E-state index is 12.6. The smallest absolute Gasteiger partial charge is 0.451 e. The Balaban J connectivity index is 2.71. The molecular weight excluding hydrogens is 297 g/mol. The van der Waals surface area contributed by atoms with Gasteiger partial charge in [-0.25, -0.2) is 14.8 Å². The number of aromatic nitrogens is 2. The lowest BCUT2D eigenvalue weighted by Crippen LogP contribution is -2.14. The highest BCUT2D eigenvalue weighted by molar-refractivity contribution is 6.33. The quantitative estimate of drug-likeness (QED) is 0.922. The zero-order chi connectivity index (χ0) is 14.9. The van der Waals surface area contributed by atoms with E-state index in [9.17, 15) is 18.0 Å². The molecule has 0 aliphatic carbocycles. The van der Waals surface area contributed by atoms with Gasteiger partial charge in [0.15, 0.2) is 0 Å². The van der Waals surface area contributed by atoms with Crippen molar-refractivity contribution < 1.29 is 23.1 Å². The molecule has 1 heterocycles. The summed E-state index contributed by atoms with van der Waals surface area (Å²) in [7, 11) is 0. The Hall–Kier alpha value is -2.15. The number of rotatable bonds is 2. The van der Waals surface area contributed by atoms with Gasteiger partial charge in [0.1, 0.15) is 5.56 Å². The summed E-state index contributed by atoms with van der Waals surface area (Å²) < 4.78 is 37.8. The Morgan fingerprint density at radius 2 is 1.90 bits per heavy atom. The number of aromatic carboxylic acids is 1. The van der Waals surface area contributed by atoms with Gasteiger partial charge in [-0.2, -0.15) is 13.2 Å². The van der Waals surface area contributed by atoms with E-state index < -0.39 is 23.5 Å². The lowest BCUT2D eigenvalue weighted by molar-refractivity contribution is -0.144. The fourth-order valence-electron chi connectivity index (χ4n) is 1.53. The third-order valence-electron chi connectivity index (χ3n) is 2.40. The van der Waals surface area contributed by atoms with Crippen molar-refractivity contribution in [1.82, 2.24) is 9.97 Å². The molecule has 0 fully saturated rings. The second-order valence-electron chi connectivity index (χ2n) is 3.74. The van der Waals surface area contributed by atoms with Crippen LogP contribution in [0.15, 0.2) is 30.5 Å². The molecule has 2 rings (SSSR count). The van der Waals surface area contributed by atoms with Crippen LogP contribution < -0.4 is 0 Å². The van der Waals surface area contributed by atoms with Crippen molar-refractivity contribution in [3.63, 3.8) is 0 Å². The maximum Gasteiger partial charge on any atom is 0.451 e. The zero-order valence-electron chi connectivity index (χ0n) is 9.65. The van der Waals surface area contributed by atoms with Gasteiger partial charge in [-0.15, -0.1) is 0 Å². The summed E-state index contributed by atoms with van der Waals surface area (Å²) in [5.74, 6) is -2.86. The topological polar surface area (TPSA) is 63.1 Å².